The number of nitrogens with one attached hydrogen (secondary N) is 1. The number of H-pyrrole nitrogens is 1. The molecule has 2 rings (SSSR count). The summed E-state index contributed by atoms with van der Waals surface area (Å²) in [5.41, 5.74) is 0.956. The summed E-state index contributed by atoms with van der Waals surface area (Å²) in [5.74, 6) is 0. The summed E-state index contributed by atoms with van der Waals surface area (Å²) >= 11 is 0. The number of rotatable bonds is 1. The van der Waals surface area contributed by atoms with Gasteiger partial charge in [0.2, 0.25) is 0 Å². The Morgan fingerprint density at radius 2 is 1.62 bits per heavy atom. The molecular weight excluding hydrogens is 230 g/mol. The first-order chi connectivity index (χ1) is 7.50. The molecule has 0 aliphatic heterocycles. The molecule has 0 aliphatic rings. The van der Waals surface area contributed by atoms with Crippen molar-refractivity contribution in [3.63, 3.8) is 0 Å². The molecular formula is C9H11N3O3S. The number of hydrogen-bond acceptors (Lipinski definition) is 4. The number of benzene rings is 1. The van der Waals surface area contributed by atoms with Gasteiger partial charge >= 0.3 is 0 Å². The van der Waals surface area contributed by atoms with Gasteiger partial charge in [-0.25, -0.2) is 0 Å². The molecule has 0 aliphatic carbocycles. The predicted molar refractivity (Wildman–Crippen MR) is 57.4 cm³/mol. The first-order valence-electron chi connectivity index (χ1n) is 4.34. The van der Waals surface area contributed by atoms with Crippen molar-refractivity contribution in [1.82, 2.24) is 15.4 Å². The fourth-order valence-electron chi connectivity index (χ4n) is 0.877. The van der Waals surface area contributed by atoms with Crippen molar-refractivity contribution < 1.29 is 13.0 Å². The van der Waals surface area contributed by atoms with E-state index in [1.807, 2.05) is 6.92 Å². The van der Waals surface area contributed by atoms with Crippen LogP contribution in [-0.2, 0) is 10.1 Å². The molecule has 86 valence electrons. The van der Waals surface area contributed by atoms with Crippen LogP contribution in [0.15, 0.2) is 41.6 Å². The Bertz CT molecular complexity index is 488. The van der Waals surface area contributed by atoms with Crippen molar-refractivity contribution in [2.24, 2.45) is 0 Å². The summed E-state index contributed by atoms with van der Waals surface area (Å²) in [5, 5.41) is 9.33. The van der Waals surface area contributed by atoms with E-state index in [1.54, 1.807) is 24.5 Å². The highest BCUT2D eigenvalue weighted by Gasteiger charge is 2.06. The summed E-state index contributed by atoms with van der Waals surface area (Å²) < 4.78 is 29.6. The van der Waals surface area contributed by atoms with Gasteiger partial charge in [-0.2, -0.15) is 23.8 Å². The zero-order valence-electron chi connectivity index (χ0n) is 8.53. The number of hydrogen-bond donors (Lipinski definition) is 2. The van der Waals surface area contributed by atoms with Crippen LogP contribution in [0.25, 0.3) is 0 Å². The lowest BCUT2D eigenvalue weighted by Gasteiger charge is -1.95. The second-order valence-corrected chi connectivity index (χ2v) is 4.37. The minimum atomic E-state index is -4.02. The van der Waals surface area contributed by atoms with E-state index in [9.17, 15) is 8.42 Å². The maximum absolute atomic E-state index is 10.5. The molecule has 0 amide bonds. The third-order valence-electron chi connectivity index (χ3n) is 1.65. The molecule has 16 heavy (non-hydrogen) atoms. The third kappa shape index (κ3) is 4.20. The molecule has 1 aromatic carbocycles. The summed E-state index contributed by atoms with van der Waals surface area (Å²) in [6.07, 6.45) is 3.17. The second kappa shape index (κ2) is 5.38. The zero-order valence-corrected chi connectivity index (χ0v) is 9.35. The van der Waals surface area contributed by atoms with Gasteiger partial charge in [0.25, 0.3) is 10.1 Å². The summed E-state index contributed by atoms with van der Waals surface area (Å²) in [6.45, 7) is 1.84. The van der Waals surface area contributed by atoms with E-state index in [1.165, 1.54) is 12.1 Å². The van der Waals surface area contributed by atoms with E-state index in [4.69, 9.17) is 4.55 Å². The van der Waals surface area contributed by atoms with Crippen LogP contribution in [0.2, 0.25) is 0 Å². The number of aryl methyl sites for hydroxylation is 1. The Balaban J connectivity index is 0.000000212. The third-order valence-corrected chi connectivity index (χ3v) is 2.52. The molecule has 2 aromatic rings. The predicted octanol–water partition coefficient (Wildman–Crippen LogP) is 1.05. The maximum Gasteiger partial charge on any atom is 0.294 e. The fourth-order valence-corrected chi connectivity index (χ4v) is 1.36. The van der Waals surface area contributed by atoms with Crippen molar-refractivity contribution >= 4 is 10.1 Å². The fraction of sp³-hybridized carbons (Fsp3) is 0.111. The van der Waals surface area contributed by atoms with Crippen molar-refractivity contribution in [3.8, 4) is 0 Å². The van der Waals surface area contributed by atoms with Crippen LogP contribution in [0.3, 0.4) is 0 Å². The molecule has 2 N–H and O–H groups in total. The summed E-state index contributed by atoms with van der Waals surface area (Å²) in [4.78, 5) is -0.0666. The number of nitrogens with zero attached hydrogens (tertiary/aromatic N) is 2. The lowest BCUT2D eigenvalue weighted by atomic mass is 10.2. The van der Waals surface area contributed by atoms with Crippen LogP contribution >= 0.6 is 0 Å². The van der Waals surface area contributed by atoms with Gasteiger partial charge in [0.1, 0.15) is 0 Å². The van der Waals surface area contributed by atoms with E-state index >= 15 is 0 Å². The average Bonchev–Trinajstić information content (AvgIpc) is 2.74. The highest BCUT2D eigenvalue weighted by atomic mass is 32.2. The first-order valence-corrected chi connectivity index (χ1v) is 5.78. The van der Waals surface area contributed by atoms with Gasteiger partial charge in [0, 0.05) is 0 Å². The molecule has 1 aromatic heterocycles. The Labute approximate surface area is 93.1 Å². The van der Waals surface area contributed by atoms with Crippen LogP contribution in [0.4, 0.5) is 0 Å². The zero-order chi connectivity index (χ0) is 12.0. The second-order valence-electron chi connectivity index (χ2n) is 2.94. The van der Waals surface area contributed by atoms with Crippen molar-refractivity contribution in [1.29, 1.82) is 0 Å². The van der Waals surface area contributed by atoms with Crippen LogP contribution in [0.1, 0.15) is 5.56 Å². The van der Waals surface area contributed by atoms with Gasteiger partial charge in [-0.3, -0.25) is 4.55 Å². The van der Waals surface area contributed by atoms with Crippen LogP contribution < -0.4 is 0 Å². The van der Waals surface area contributed by atoms with Gasteiger partial charge < -0.3 is 0 Å². The SMILES string of the molecule is Cc1ccc(S(=O)(=O)O)cc1.c1cn[nH]n1. The van der Waals surface area contributed by atoms with Crippen LogP contribution in [-0.4, -0.2) is 28.4 Å². The minimum absolute atomic E-state index is 0.0666. The standard InChI is InChI=1S/C7H8O3S.C2H3N3/c1-6-2-4-7(5-3-6)11(8,9)10;1-2-4-5-3-1/h2-5H,1H3,(H,8,9,10);1-2H,(H,3,4,5). The van der Waals surface area contributed by atoms with Gasteiger partial charge in [0.05, 0.1) is 17.3 Å². The molecule has 0 saturated heterocycles. The van der Waals surface area contributed by atoms with Crippen molar-refractivity contribution in [2.75, 3.05) is 0 Å². The molecule has 0 saturated carbocycles. The molecule has 6 nitrogen and oxygen atoms in total. The molecule has 0 radical (unpaired) electrons. The lowest BCUT2D eigenvalue weighted by molar-refractivity contribution is 0.483. The Kier molecular flexibility index (Phi) is 4.15. The van der Waals surface area contributed by atoms with Crippen molar-refractivity contribution in [2.45, 2.75) is 11.8 Å². The monoisotopic (exact) mass is 241 g/mol. The van der Waals surface area contributed by atoms with Crippen LogP contribution in [0.5, 0.6) is 0 Å². The van der Waals surface area contributed by atoms with E-state index < -0.39 is 10.1 Å². The van der Waals surface area contributed by atoms with Crippen molar-refractivity contribution in [3.05, 3.63) is 42.2 Å². The number of aromatic nitrogens is 3. The van der Waals surface area contributed by atoms with E-state index in [0.29, 0.717) is 0 Å². The molecule has 0 spiro atoms. The summed E-state index contributed by atoms with van der Waals surface area (Å²) in [7, 11) is -4.02. The maximum atomic E-state index is 10.5. The topological polar surface area (TPSA) is 95.9 Å². The molecule has 0 atom stereocenters. The smallest absolute Gasteiger partial charge is 0.282 e. The normalized spacial score (nSPS) is 10.4. The van der Waals surface area contributed by atoms with Gasteiger partial charge in [0.15, 0.2) is 0 Å². The van der Waals surface area contributed by atoms with Crippen LogP contribution in [0, 0.1) is 6.92 Å². The molecule has 0 bridgehead atoms. The Morgan fingerprint density at radius 3 is 1.94 bits per heavy atom. The van der Waals surface area contributed by atoms with Gasteiger partial charge in [-0.1, -0.05) is 17.7 Å². The average molecular weight is 241 g/mol. The molecule has 0 unspecified atom stereocenters. The minimum Gasteiger partial charge on any atom is -0.282 e. The molecule has 7 heteroatoms. The van der Waals surface area contributed by atoms with E-state index in [-0.39, 0.29) is 4.90 Å². The van der Waals surface area contributed by atoms with E-state index in [2.05, 4.69) is 15.4 Å². The Morgan fingerprint density at radius 1 is 1.12 bits per heavy atom. The van der Waals surface area contributed by atoms with Gasteiger partial charge in [-0.05, 0) is 19.1 Å². The summed E-state index contributed by atoms with van der Waals surface area (Å²) in [6, 6.07) is 5.99. The Hall–Kier alpha value is -1.73. The molecule has 1 heterocycles. The van der Waals surface area contributed by atoms with Gasteiger partial charge in [-0.15, -0.1) is 0 Å². The largest absolute Gasteiger partial charge is 0.294 e. The van der Waals surface area contributed by atoms with E-state index in [0.717, 1.165) is 5.56 Å². The first kappa shape index (κ1) is 12.3. The number of aromatic amines is 1. The highest BCUT2D eigenvalue weighted by Crippen LogP contribution is 2.08. The quantitative estimate of drug-likeness (QED) is 0.727. The highest BCUT2D eigenvalue weighted by molar-refractivity contribution is 7.85. The lowest BCUT2D eigenvalue weighted by Crippen LogP contribution is -1.96. The molecule has 0 fully saturated rings.